The molecule has 1 aliphatic rings. The third kappa shape index (κ3) is 3.18. The van der Waals surface area contributed by atoms with Gasteiger partial charge in [-0.3, -0.25) is 9.59 Å². The first-order chi connectivity index (χ1) is 6.74. The summed E-state index contributed by atoms with van der Waals surface area (Å²) in [5, 5.41) is 3.40. The molecule has 0 saturated heterocycles. The van der Waals surface area contributed by atoms with Gasteiger partial charge >= 0.3 is 0 Å². The SMILES string of the molecule is [N-]=[N+]=NCCC[C@@H]1CCC(=O)CC1=O. The molecule has 1 fully saturated rings. The van der Waals surface area contributed by atoms with E-state index in [0.29, 0.717) is 19.4 Å². The molecule has 0 unspecified atom stereocenters. The van der Waals surface area contributed by atoms with Gasteiger partial charge in [-0.25, -0.2) is 0 Å². The van der Waals surface area contributed by atoms with Crippen LogP contribution in [0.5, 0.6) is 0 Å². The minimum absolute atomic E-state index is 0.0154. The summed E-state index contributed by atoms with van der Waals surface area (Å²) in [4.78, 5) is 24.9. The monoisotopic (exact) mass is 195 g/mol. The molecule has 0 aromatic rings. The Labute approximate surface area is 82.1 Å². The summed E-state index contributed by atoms with van der Waals surface area (Å²) in [6, 6.07) is 0. The van der Waals surface area contributed by atoms with E-state index in [4.69, 9.17) is 5.53 Å². The Bertz CT molecular complexity index is 282. The number of carbonyl (C=O) groups excluding carboxylic acids is 2. The van der Waals surface area contributed by atoms with Crippen LogP contribution in [0.1, 0.15) is 32.1 Å². The van der Waals surface area contributed by atoms with Crippen molar-refractivity contribution in [1.82, 2.24) is 0 Å². The normalized spacial score (nSPS) is 21.9. The number of hydrogen-bond acceptors (Lipinski definition) is 3. The number of Topliss-reactive ketones (excluding diaryl/α,β-unsaturated/α-hetero) is 2. The highest BCUT2D eigenvalue weighted by molar-refractivity contribution is 6.02. The molecule has 14 heavy (non-hydrogen) atoms. The van der Waals surface area contributed by atoms with Crippen LogP contribution in [-0.4, -0.2) is 18.1 Å². The fourth-order valence-electron chi connectivity index (χ4n) is 1.68. The third-order valence-corrected chi connectivity index (χ3v) is 2.47. The zero-order valence-electron chi connectivity index (χ0n) is 7.98. The third-order valence-electron chi connectivity index (χ3n) is 2.47. The van der Waals surface area contributed by atoms with Crippen LogP contribution in [0.2, 0.25) is 0 Å². The van der Waals surface area contributed by atoms with Crippen LogP contribution in [0, 0.1) is 5.92 Å². The van der Waals surface area contributed by atoms with E-state index in [1.54, 1.807) is 0 Å². The van der Waals surface area contributed by atoms with Crippen molar-refractivity contribution in [3.05, 3.63) is 10.4 Å². The van der Waals surface area contributed by atoms with Gasteiger partial charge in [0.25, 0.3) is 0 Å². The molecule has 0 radical (unpaired) electrons. The van der Waals surface area contributed by atoms with Gasteiger partial charge in [0, 0.05) is 23.8 Å². The maximum absolute atomic E-state index is 11.3. The first kappa shape index (κ1) is 10.7. The summed E-state index contributed by atoms with van der Waals surface area (Å²) in [5.41, 5.74) is 8.04. The minimum Gasteiger partial charge on any atom is -0.299 e. The van der Waals surface area contributed by atoms with Crippen LogP contribution in [-0.2, 0) is 9.59 Å². The lowest BCUT2D eigenvalue weighted by atomic mass is 9.84. The van der Waals surface area contributed by atoms with Crippen LogP contribution < -0.4 is 0 Å². The Morgan fingerprint density at radius 1 is 1.50 bits per heavy atom. The lowest BCUT2D eigenvalue weighted by molar-refractivity contribution is -0.132. The lowest BCUT2D eigenvalue weighted by Gasteiger charge is -2.18. The van der Waals surface area contributed by atoms with Crippen molar-refractivity contribution < 1.29 is 9.59 Å². The summed E-state index contributed by atoms with van der Waals surface area (Å²) in [6.45, 7) is 0.439. The van der Waals surface area contributed by atoms with Crippen molar-refractivity contribution in [2.24, 2.45) is 11.0 Å². The molecule has 5 heteroatoms. The van der Waals surface area contributed by atoms with Gasteiger partial charge in [0.2, 0.25) is 0 Å². The highest BCUT2D eigenvalue weighted by atomic mass is 16.1. The van der Waals surface area contributed by atoms with Crippen molar-refractivity contribution in [3.8, 4) is 0 Å². The minimum atomic E-state index is 0.0154. The molecule has 1 atom stereocenters. The van der Waals surface area contributed by atoms with E-state index in [2.05, 4.69) is 10.0 Å². The second-order valence-corrected chi connectivity index (χ2v) is 3.51. The lowest BCUT2D eigenvalue weighted by Crippen LogP contribution is -2.24. The van der Waals surface area contributed by atoms with E-state index in [1.165, 1.54) is 0 Å². The zero-order chi connectivity index (χ0) is 10.4. The maximum atomic E-state index is 11.3. The van der Waals surface area contributed by atoms with E-state index in [0.717, 1.165) is 12.8 Å². The Morgan fingerprint density at radius 3 is 2.93 bits per heavy atom. The molecule has 0 spiro atoms. The van der Waals surface area contributed by atoms with E-state index in [1.807, 2.05) is 0 Å². The van der Waals surface area contributed by atoms with Gasteiger partial charge in [-0.15, -0.1) is 0 Å². The topological polar surface area (TPSA) is 82.9 Å². The highest BCUT2D eigenvalue weighted by Gasteiger charge is 2.25. The van der Waals surface area contributed by atoms with Gasteiger partial charge < -0.3 is 0 Å². The predicted molar refractivity (Wildman–Crippen MR) is 50.6 cm³/mol. The van der Waals surface area contributed by atoms with Crippen molar-refractivity contribution in [3.63, 3.8) is 0 Å². The Kier molecular flexibility index (Phi) is 4.13. The standard InChI is InChI=1S/C9H13N3O2/c10-12-11-5-1-2-7-3-4-8(13)6-9(7)14/h7H,1-6H2/t7-/m1/s1. The van der Waals surface area contributed by atoms with Crippen molar-refractivity contribution in [1.29, 1.82) is 0 Å². The molecule has 5 nitrogen and oxygen atoms in total. The van der Waals surface area contributed by atoms with Gasteiger partial charge in [-0.05, 0) is 24.8 Å². The summed E-state index contributed by atoms with van der Waals surface area (Å²) in [5.74, 6) is 0.130. The molecular formula is C9H13N3O2. The van der Waals surface area contributed by atoms with Gasteiger partial charge in [-0.2, -0.15) is 0 Å². The molecule has 0 aliphatic heterocycles. The number of hydrogen-bond donors (Lipinski definition) is 0. The molecule has 0 heterocycles. The quantitative estimate of drug-likeness (QED) is 0.226. The van der Waals surface area contributed by atoms with Crippen LogP contribution in [0.25, 0.3) is 10.4 Å². The molecule has 1 saturated carbocycles. The molecule has 0 aromatic heterocycles. The van der Waals surface area contributed by atoms with E-state index in [-0.39, 0.29) is 23.9 Å². The second kappa shape index (κ2) is 5.40. The van der Waals surface area contributed by atoms with E-state index < -0.39 is 0 Å². The Morgan fingerprint density at radius 2 is 2.29 bits per heavy atom. The zero-order valence-corrected chi connectivity index (χ0v) is 7.98. The molecule has 0 aromatic carbocycles. The smallest absolute Gasteiger partial charge is 0.143 e. The molecular weight excluding hydrogens is 182 g/mol. The molecule has 0 N–H and O–H groups in total. The highest BCUT2D eigenvalue weighted by Crippen LogP contribution is 2.22. The summed E-state index contributed by atoms with van der Waals surface area (Å²) < 4.78 is 0. The number of nitrogens with zero attached hydrogens (tertiary/aromatic N) is 3. The molecule has 76 valence electrons. The first-order valence-electron chi connectivity index (χ1n) is 4.79. The van der Waals surface area contributed by atoms with Crippen molar-refractivity contribution in [2.45, 2.75) is 32.1 Å². The average Bonchev–Trinajstić information content (AvgIpc) is 2.15. The van der Waals surface area contributed by atoms with Crippen LogP contribution in [0.4, 0.5) is 0 Å². The number of rotatable bonds is 4. The average molecular weight is 195 g/mol. The molecule has 1 rings (SSSR count). The summed E-state index contributed by atoms with van der Waals surface area (Å²) >= 11 is 0. The largest absolute Gasteiger partial charge is 0.299 e. The maximum Gasteiger partial charge on any atom is 0.143 e. The fourth-order valence-corrected chi connectivity index (χ4v) is 1.68. The second-order valence-electron chi connectivity index (χ2n) is 3.51. The van der Waals surface area contributed by atoms with Crippen molar-refractivity contribution in [2.75, 3.05) is 6.54 Å². The number of azide groups is 1. The van der Waals surface area contributed by atoms with Gasteiger partial charge in [0.15, 0.2) is 0 Å². The van der Waals surface area contributed by atoms with Gasteiger partial charge in [0.05, 0.1) is 6.42 Å². The van der Waals surface area contributed by atoms with E-state index in [9.17, 15) is 9.59 Å². The fraction of sp³-hybridized carbons (Fsp3) is 0.778. The predicted octanol–water partition coefficient (Wildman–Crippen LogP) is 2.02. The Hall–Kier alpha value is -1.35. The first-order valence-corrected chi connectivity index (χ1v) is 4.79. The van der Waals surface area contributed by atoms with Crippen LogP contribution in [0.15, 0.2) is 5.11 Å². The molecule has 1 aliphatic carbocycles. The molecule has 0 amide bonds. The van der Waals surface area contributed by atoms with Gasteiger partial charge in [0.1, 0.15) is 11.6 Å². The van der Waals surface area contributed by atoms with Gasteiger partial charge in [-0.1, -0.05) is 5.11 Å². The Balaban J connectivity index is 2.27. The van der Waals surface area contributed by atoms with Crippen LogP contribution in [0.3, 0.4) is 0 Å². The number of carbonyl (C=O) groups is 2. The summed E-state index contributed by atoms with van der Waals surface area (Å²) in [6.07, 6.45) is 2.78. The molecule has 0 bridgehead atoms. The van der Waals surface area contributed by atoms with Crippen molar-refractivity contribution >= 4 is 11.6 Å². The van der Waals surface area contributed by atoms with E-state index >= 15 is 0 Å². The summed E-state index contributed by atoms with van der Waals surface area (Å²) in [7, 11) is 0. The van der Waals surface area contributed by atoms with Crippen LogP contribution >= 0.6 is 0 Å². The number of ketones is 2.